The van der Waals surface area contributed by atoms with Crippen molar-refractivity contribution < 1.29 is 4.74 Å². The maximum absolute atomic E-state index is 5.73. The number of piperidine rings is 1. The topological polar surface area (TPSA) is 78.4 Å². The van der Waals surface area contributed by atoms with Gasteiger partial charge in [-0.3, -0.25) is 10.1 Å². The maximum Gasteiger partial charge on any atom is 0.193 e. The van der Waals surface area contributed by atoms with Crippen molar-refractivity contribution in [2.75, 3.05) is 26.7 Å². The number of hydrogen-bond acceptors (Lipinski definition) is 4. The molecule has 0 atom stereocenters. The van der Waals surface area contributed by atoms with Crippen LogP contribution in [0.3, 0.4) is 0 Å². The highest BCUT2D eigenvalue weighted by Gasteiger charge is 2.24. The number of nitrogens with one attached hydrogen (secondary N) is 2. The minimum Gasteiger partial charge on any atom is -0.489 e. The molecule has 0 unspecified atom stereocenters. The molecule has 1 aliphatic rings. The van der Waals surface area contributed by atoms with Gasteiger partial charge in [0.05, 0.1) is 0 Å². The Morgan fingerprint density at radius 1 is 1.42 bits per heavy atom. The first-order valence-corrected chi connectivity index (χ1v) is 8.94. The predicted octanol–water partition coefficient (Wildman–Crippen LogP) is 2.32. The van der Waals surface area contributed by atoms with Crippen molar-refractivity contribution in [1.82, 2.24) is 25.4 Å². The quantitative estimate of drug-likeness (QED) is 0.473. The summed E-state index contributed by atoms with van der Waals surface area (Å²) in [7, 11) is 1.82. The minimum atomic E-state index is 0.444. The number of rotatable bonds is 6. The van der Waals surface area contributed by atoms with Gasteiger partial charge in [0.15, 0.2) is 5.96 Å². The second kappa shape index (κ2) is 9.03. The SMILES string of the molecule is C=CCOc1ccccc1CNC(=NC)N1CCC(c2ncn[nH]2)CC1. The molecule has 2 N–H and O–H groups in total. The van der Waals surface area contributed by atoms with Gasteiger partial charge in [-0.2, -0.15) is 5.10 Å². The molecule has 0 spiro atoms. The lowest BCUT2D eigenvalue weighted by atomic mass is 9.96. The zero-order chi connectivity index (χ0) is 18.2. The van der Waals surface area contributed by atoms with Gasteiger partial charge in [0, 0.05) is 38.2 Å². The van der Waals surface area contributed by atoms with Crippen LogP contribution in [0.5, 0.6) is 5.75 Å². The zero-order valence-electron chi connectivity index (χ0n) is 15.2. The predicted molar refractivity (Wildman–Crippen MR) is 102 cm³/mol. The number of likely N-dealkylation sites (tertiary alicyclic amines) is 1. The number of H-pyrrole nitrogens is 1. The van der Waals surface area contributed by atoms with E-state index in [9.17, 15) is 0 Å². The Morgan fingerprint density at radius 3 is 2.92 bits per heavy atom. The summed E-state index contributed by atoms with van der Waals surface area (Å²) in [6, 6.07) is 8.04. The van der Waals surface area contributed by atoms with Crippen LogP contribution < -0.4 is 10.1 Å². The summed E-state index contributed by atoms with van der Waals surface area (Å²) >= 11 is 0. The minimum absolute atomic E-state index is 0.444. The number of benzene rings is 1. The molecule has 1 aromatic carbocycles. The lowest BCUT2D eigenvalue weighted by Crippen LogP contribution is -2.45. The number of ether oxygens (including phenoxy) is 1. The van der Waals surface area contributed by atoms with Crippen molar-refractivity contribution in [3.8, 4) is 5.75 Å². The molecule has 1 aromatic heterocycles. The summed E-state index contributed by atoms with van der Waals surface area (Å²) < 4.78 is 5.73. The molecule has 2 aromatic rings. The molecule has 0 bridgehead atoms. The van der Waals surface area contributed by atoms with Crippen LogP contribution in [0, 0.1) is 0 Å². The molecule has 1 fully saturated rings. The summed E-state index contributed by atoms with van der Waals surface area (Å²) in [5.41, 5.74) is 1.10. The van der Waals surface area contributed by atoms with Crippen molar-refractivity contribution in [1.29, 1.82) is 0 Å². The molecule has 0 saturated carbocycles. The van der Waals surface area contributed by atoms with Gasteiger partial charge >= 0.3 is 0 Å². The van der Waals surface area contributed by atoms with Crippen LogP contribution in [-0.2, 0) is 6.54 Å². The average molecular weight is 354 g/mol. The van der Waals surface area contributed by atoms with Crippen LogP contribution in [0.25, 0.3) is 0 Å². The van der Waals surface area contributed by atoms with Crippen LogP contribution in [-0.4, -0.2) is 52.8 Å². The second-order valence-corrected chi connectivity index (χ2v) is 6.24. The van der Waals surface area contributed by atoms with Crippen molar-refractivity contribution in [3.05, 3.63) is 54.6 Å². The molecule has 2 heterocycles. The van der Waals surface area contributed by atoms with Crippen LogP contribution in [0.15, 0.2) is 48.2 Å². The van der Waals surface area contributed by atoms with Crippen molar-refractivity contribution >= 4 is 5.96 Å². The number of para-hydroxylation sites is 1. The van der Waals surface area contributed by atoms with E-state index >= 15 is 0 Å². The van der Waals surface area contributed by atoms with Crippen molar-refractivity contribution in [3.63, 3.8) is 0 Å². The molecule has 0 amide bonds. The Labute approximate surface area is 154 Å². The Hall–Kier alpha value is -2.83. The van der Waals surface area contributed by atoms with E-state index in [-0.39, 0.29) is 0 Å². The fourth-order valence-corrected chi connectivity index (χ4v) is 3.22. The number of nitrogens with zero attached hydrogens (tertiary/aromatic N) is 4. The average Bonchev–Trinajstić information content (AvgIpc) is 3.23. The molecule has 7 heteroatoms. The summed E-state index contributed by atoms with van der Waals surface area (Å²) in [5, 5.41) is 10.4. The van der Waals surface area contributed by atoms with Crippen molar-refractivity contribution in [2.24, 2.45) is 4.99 Å². The van der Waals surface area contributed by atoms with Gasteiger partial charge in [0.1, 0.15) is 24.5 Å². The Balaban J connectivity index is 1.55. The van der Waals surface area contributed by atoms with E-state index < -0.39 is 0 Å². The smallest absolute Gasteiger partial charge is 0.193 e. The normalized spacial score (nSPS) is 15.7. The van der Waals surface area contributed by atoms with Gasteiger partial charge < -0.3 is 15.0 Å². The monoisotopic (exact) mass is 354 g/mol. The van der Waals surface area contributed by atoms with Gasteiger partial charge in [-0.15, -0.1) is 0 Å². The van der Waals surface area contributed by atoms with Crippen LogP contribution in [0.4, 0.5) is 0 Å². The van der Waals surface area contributed by atoms with Crippen LogP contribution in [0.2, 0.25) is 0 Å². The molecule has 0 radical (unpaired) electrons. The number of guanidine groups is 1. The lowest BCUT2D eigenvalue weighted by Gasteiger charge is -2.33. The third kappa shape index (κ3) is 4.41. The Bertz CT molecular complexity index is 719. The molecular weight excluding hydrogens is 328 g/mol. The summed E-state index contributed by atoms with van der Waals surface area (Å²) in [6.45, 7) is 6.76. The fraction of sp³-hybridized carbons (Fsp3) is 0.421. The highest BCUT2D eigenvalue weighted by atomic mass is 16.5. The van der Waals surface area contributed by atoms with Gasteiger partial charge in [-0.1, -0.05) is 30.9 Å². The third-order valence-corrected chi connectivity index (χ3v) is 4.59. The Morgan fingerprint density at radius 2 is 2.23 bits per heavy atom. The zero-order valence-corrected chi connectivity index (χ0v) is 15.2. The van der Waals surface area contributed by atoms with Crippen LogP contribution >= 0.6 is 0 Å². The van der Waals surface area contributed by atoms with Crippen molar-refractivity contribution in [2.45, 2.75) is 25.3 Å². The maximum atomic E-state index is 5.73. The molecule has 0 aliphatic carbocycles. The van der Waals surface area contributed by atoms with E-state index in [0.29, 0.717) is 19.1 Å². The first-order valence-electron chi connectivity index (χ1n) is 8.94. The largest absolute Gasteiger partial charge is 0.489 e. The summed E-state index contributed by atoms with van der Waals surface area (Å²) in [6.07, 6.45) is 5.40. The molecule has 3 rings (SSSR count). The third-order valence-electron chi connectivity index (χ3n) is 4.59. The van der Waals surface area contributed by atoms with E-state index in [1.165, 1.54) is 0 Å². The van der Waals surface area contributed by atoms with E-state index in [1.807, 2.05) is 25.2 Å². The first-order chi connectivity index (χ1) is 12.8. The molecule has 7 nitrogen and oxygen atoms in total. The highest BCUT2D eigenvalue weighted by molar-refractivity contribution is 5.80. The number of hydrogen-bond donors (Lipinski definition) is 2. The highest BCUT2D eigenvalue weighted by Crippen LogP contribution is 2.25. The van der Waals surface area contributed by atoms with Gasteiger partial charge in [-0.05, 0) is 18.9 Å². The van der Waals surface area contributed by atoms with Gasteiger partial charge in [0.2, 0.25) is 0 Å². The van der Waals surface area contributed by atoms with E-state index in [0.717, 1.165) is 49.0 Å². The first kappa shape index (κ1) is 18.0. The molecule has 26 heavy (non-hydrogen) atoms. The standard InChI is InChI=1S/C19H26N6O/c1-3-12-26-17-7-5-4-6-16(17)13-21-19(20-2)25-10-8-15(9-11-25)18-22-14-23-24-18/h3-7,14-15H,1,8-13H2,2H3,(H,20,21)(H,22,23,24). The Kier molecular flexibility index (Phi) is 6.24. The number of aliphatic imine (C=N–C) groups is 1. The van der Waals surface area contributed by atoms with Crippen LogP contribution in [0.1, 0.15) is 30.1 Å². The molecule has 1 aliphatic heterocycles. The molecule has 1 saturated heterocycles. The number of aromatic amines is 1. The van der Waals surface area contributed by atoms with E-state index in [1.54, 1.807) is 12.4 Å². The number of aromatic nitrogens is 3. The van der Waals surface area contributed by atoms with E-state index in [2.05, 4.69) is 43.0 Å². The molecule has 138 valence electrons. The van der Waals surface area contributed by atoms with Gasteiger partial charge in [-0.25, -0.2) is 4.98 Å². The lowest BCUT2D eigenvalue weighted by molar-refractivity contribution is 0.298. The second-order valence-electron chi connectivity index (χ2n) is 6.24. The van der Waals surface area contributed by atoms with Gasteiger partial charge in [0.25, 0.3) is 0 Å². The van der Waals surface area contributed by atoms with E-state index in [4.69, 9.17) is 4.74 Å². The fourth-order valence-electron chi connectivity index (χ4n) is 3.22. The summed E-state index contributed by atoms with van der Waals surface area (Å²) in [4.78, 5) is 11.0. The summed E-state index contributed by atoms with van der Waals surface area (Å²) in [5.74, 6) is 3.22. The molecular formula is C19H26N6O.